The Kier molecular flexibility index (Phi) is 5.46. The van der Waals surface area contributed by atoms with Crippen LogP contribution in [0.3, 0.4) is 0 Å². The van der Waals surface area contributed by atoms with Crippen molar-refractivity contribution in [1.29, 1.82) is 0 Å². The van der Waals surface area contributed by atoms with E-state index in [0.29, 0.717) is 17.9 Å². The average molecular weight is 284 g/mol. The van der Waals surface area contributed by atoms with Crippen molar-refractivity contribution in [2.75, 3.05) is 20.2 Å². The zero-order chi connectivity index (χ0) is 15.1. The van der Waals surface area contributed by atoms with Crippen molar-refractivity contribution in [1.82, 2.24) is 9.88 Å². The average Bonchev–Trinajstić information content (AvgIpc) is 2.55. The summed E-state index contributed by atoms with van der Waals surface area (Å²) in [4.78, 5) is 18.6. The molecular weight excluding hydrogens is 264 g/mol. The van der Waals surface area contributed by atoms with Gasteiger partial charge in [-0.15, -0.1) is 0 Å². The standard InChI is InChI=1S/C17H20N2O2/c1-3-19(12-14-8-10-18-11-9-14)13-16(20)15-6-4-5-7-17(15)21-2/h4-11H,3,12-13H2,1-2H3. The van der Waals surface area contributed by atoms with Crippen LogP contribution in [0.25, 0.3) is 0 Å². The number of carbonyl (C=O) groups excluding carboxylic acids is 1. The van der Waals surface area contributed by atoms with E-state index in [1.165, 1.54) is 0 Å². The van der Waals surface area contributed by atoms with Gasteiger partial charge in [-0.2, -0.15) is 0 Å². The van der Waals surface area contributed by atoms with Crippen LogP contribution in [0.2, 0.25) is 0 Å². The molecule has 0 aliphatic rings. The van der Waals surface area contributed by atoms with E-state index in [2.05, 4.69) is 16.8 Å². The Bertz CT molecular complexity index is 584. The number of benzene rings is 1. The summed E-state index contributed by atoms with van der Waals surface area (Å²) in [5, 5.41) is 0. The van der Waals surface area contributed by atoms with Crippen LogP contribution in [0.4, 0.5) is 0 Å². The fourth-order valence-electron chi connectivity index (χ4n) is 2.19. The summed E-state index contributed by atoms with van der Waals surface area (Å²) in [7, 11) is 1.58. The van der Waals surface area contributed by atoms with Gasteiger partial charge in [-0.3, -0.25) is 14.7 Å². The van der Waals surface area contributed by atoms with Crippen molar-refractivity contribution in [2.24, 2.45) is 0 Å². The Balaban J connectivity index is 2.06. The summed E-state index contributed by atoms with van der Waals surface area (Å²) >= 11 is 0. The number of para-hydroxylation sites is 1. The lowest BCUT2D eigenvalue weighted by molar-refractivity contribution is 0.0926. The minimum Gasteiger partial charge on any atom is -0.496 e. The lowest BCUT2D eigenvalue weighted by Crippen LogP contribution is -2.29. The monoisotopic (exact) mass is 284 g/mol. The SMILES string of the molecule is CCN(CC(=O)c1ccccc1OC)Cc1ccncc1. The van der Waals surface area contributed by atoms with Gasteiger partial charge in [0.1, 0.15) is 5.75 Å². The van der Waals surface area contributed by atoms with Crippen LogP contribution in [0.1, 0.15) is 22.8 Å². The van der Waals surface area contributed by atoms with E-state index < -0.39 is 0 Å². The van der Waals surface area contributed by atoms with Gasteiger partial charge in [0.05, 0.1) is 19.2 Å². The highest BCUT2D eigenvalue weighted by atomic mass is 16.5. The Morgan fingerprint density at radius 3 is 2.57 bits per heavy atom. The van der Waals surface area contributed by atoms with E-state index in [0.717, 1.165) is 18.7 Å². The summed E-state index contributed by atoms with van der Waals surface area (Å²) in [6, 6.07) is 11.3. The van der Waals surface area contributed by atoms with Crippen LogP contribution in [0, 0.1) is 0 Å². The number of hydrogen-bond acceptors (Lipinski definition) is 4. The quantitative estimate of drug-likeness (QED) is 0.733. The maximum atomic E-state index is 12.4. The van der Waals surface area contributed by atoms with Crippen molar-refractivity contribution in [2.45, 2.75) is 13.5 Å². The van der Waals surface area contributed by atoms with Crippen LogP contribution in [-0.4, -0.2) is 35.9 Å². The minimum atomic E-state index is 0.0726. The molecule has 4 nitrogen and oxygen atoms in total. The lowest BCUT2D eigenvalue weighted by atomic mass is 10.1. The van der Waals surface area contributed by atoms with Gasteiger partial charge in [0, 0.05) is 18.9 Å². The predicted molar refractivity (Wildman–Crippen MR) is 82.5 cm³/mol. The highest BCUT2D eigenvalue weighted by Crippen LogP contribution is 2.18. The number of pyridine rings is 1. The predicted octanol–water partition coefficient (Wildman–Crippen LogP) is 2.80. The molecule has 1 aromatic heterocycles. The van der Waals surface area contributed by atoms with E-state index in [1.54, 1.807) is 25.6 Å². The van der Waals surface area contributed by atoms with Crippen molar-refractivity contribution in [3.63, 3.8) is 0 Å². The van der Waals surface area contributed by atoms with Gasteiger partial charge in [-0.25, -0.2) is 0 Å². The number of nitrogens with zero attached hydrogens (tertiary/aromatic N) is 2. The van der Waals surface area contributed by atoms with Crippen molar-refractivity contribution >= 4 is 5.78 Å². The van der Waals surface area contributed by atoms with Crippen LogP contribution in [0.15, 0.2) is 48.8 Å². The molecular formula is C17H20N2O2. The molecule has 0 aliphatic heterocycles. The summed E-state index contributed by atoms with van der Waals surface area (Å²) in [6.45, 7) is 3.97. The van der Waals surface area contributed by atoms with Gasteiger partial charge in [0.25, 0.3) is 0 Å². The topological polar surface area (TPSA) is 42.4 Å². The van der Waals surface area contributed by atoms with Gasteiger partial charge < -0.3 is 4.74 Å². The maximum Gasteiger partial charge on any atom is 0.180 e. The molecule has 0 bridgehead atoms. The largest absolute Gasteiger partial charge is 0.496 e. The number of hydrogen-bond donors (Lipinski definition) is 0. The lowest BCUT2D eigenvalue weighted by Gasteiger charge is -2.20. The summed E-state index contributed by atoms with van der Waals surface area (Å²) in [5.41, 5.74) is 1.79. The van der Waals surface area contributed by atoms with E-state index in [4.69, 9.17) is 4.74 Å². The summed E-state index contributed by atoms with van der Waals surface area (Å²) in [6.07, 6.45) is 3.54. The van der Waals surface area contributed by atoms with Gasteiger partial charge in [0.2, 0.25) is 0 Å². The third-order valence-electron chi connectivity index (χ3n) is 3.38. The number of carbonyl (C=O) groups is 1. The highest BCUT2D eigenvalue weighted by Gasteiger charge is 2.15. The third kappa shape index (κ3) is 4.13. The molecule has 0 unspecified atom stereocenters. The van der Waals surface area contributed by atoms with Gasteiger partial charge in [-0.1, -0.05) is 19.1 Å². The number of aromatic nitrogens is 1. The maximum absolute atomic E-state index is 12.4. The first kappa shape index (κ1) is 15.2. The van der Waals surface area contributed by atoms with Crippen molar-refractivity contribution < 1.29 is 9.53 Å². The zero-order valence-corrected chi connectivity index (χ0v) is 12.5. The van der Waals surface area contributed by atoms with E-state index >= 15 is 0 Å². The van der Waals surface area contributed by atoms with Gasteiger partial charge in [0.15, 0.2) is 5.78 Å². The first-order chi connectivity index (χ1) is 10.2. The van der Waals surface area contributed by atoms with E-state index in [9.17, 15) is 4.79 Å². The molecule has 0 atom stereocenters. The number of Topliss-reactive ketones (excluding diaryl/α,β-unsaturated/α-hetero) is 1. The highest BCUT2D eigenvalue weighted by molar-refractivity contribution is 6.00. The Labute approximate surface area is 125 Å². The number of ketones is 1. The molecule has 2 rings (SSSR count). The number of ether oxygens (including phenoxy) is 1. The van der Waals surface area contributed by atoms with Crippen molar-refractivity contribution in [3.8, 4) is 5.75 Å². The Hall–Kier alpha value is -2.20. The number of rotatable bonds is 7. The first-order valence-corrected chi connectivity index (χ1v) is 7.02. The smallest absolute Gasteiger partial charge is 0.180 e. The Morgan fingerprint density at radius 1 is 1.19 bits per heavy atom. The second-order valence-electron chi connectivity index (χ2n) is 4.78. The second-order valence-corrected chi connectivity index (χ2v) is 4.78. The van der Waals surface area contributed by atoms with Gasteiger partial charge >= 0.3 is 0 Å². The Morgan fingerprint density at radius 2 is 1.90 bits per heavy atom. The molecule has 0 fully saturated rings. The number of likely N-dealkylation sites (N-methyl/N-ethyl adjacent to an activating group) is 1. The third-order valence-corrected chi connectivity index (χ3v) is 3.38. The van der Waals surface area contributed by atoms with Crippen LogP contribution >= 0.6 is 0 Å². The molecule has 0 saturated carbocycles. The fraction of sp³-hybridized carbons (Fsp3) is 0.294. The summed E-state index contributed by atoms with van der Waals surface area (Å²) < 4.78 is 5.25. The number of methoxy groups -OCH3 is 1. The van der Waals surface area contributed by atoms with Crippen LogP contribution in [-0.2, 0) is 6.54 Å². The normalized spacial score (nSPS) is 10.6. The molecule has 1 aromatic carbocycles. The molecule has 21 heavy (non-hydrogen) atoms. The van der Waals surface area contributed by atoms with E-state index in [1.807, 2.05) is 30.3 Å². The fourth-order valence-corrected chi connectivity index (χ4v) is 2.19. The molecule has 2 aromatic rings. The summed E-state index contributed by atoms with van der Waals surface area (Å²) in [5.74, 6) is 0.700. The molecule has 0 N–H and O–H groups in total. The molecule has 0 saturated heterocycles. The second kappa shape index (κ2) is 7.55. The molecule has 0 spiro atoms. The van der Waals surface area contributed by atoms with Crippen LogP contribution in [0.5, 0.6) is 5.75 Å². The van der Waals surface area contributed by atoms with Crippen molar-refractivity contribution in [3.05, 3.63) is 59.9 Å². The molecule has 0 radical (unpaired) electrons. The molecule has 0 aliphatic carbocycles. The molecule has 1 heterocycles. The molecule has 4 heteroatoms. The van der Waals surface area contributed by atoms with Crippen LogP contribution < -0.4 is 4.74 Å². The van der Waals surface area contributed by atoms with Gasteiger partial charge in [-0.05, 0) is 36.4 Å². The van der Waals surface area contributed by atoms with E-state index in [-0.39, 0.29) is 5.78 Å². The first-order valence-electron chi connectivity index (χ1n) is 7.02. The zero-order valence-electron chi connectivity index (χ0n) is 12.5. The molecule has 110 valence electrons. The molecule has 0 amide bonds. The minimum absolute atomic E-state index is 0.0726.